The van der Waals surface area contributed by atoms with Crippen LogP contribution in [-0.4, -0.2) is 48.0 Å². The van der Waals surface area contributed by atoms with Crippen LogP contribution in [0, 0.1) is 16.0 Å². The van der Waals surface area contributed by atoms with Crippen LogP contribution in [0.4, 0.5) is 11.5 Å². The molecule has 0 aromatic carbocycles. The molecule has 2 unspecified atom stereocenters. The Morgan fingerprint density at radius 1 is 1.46 bits per heavy atom. The molecular weight excluding hydrogens is 310 g/mol. The molecule has 8 nitrogen and oxygen atoms in total. The van der Waals surface area contributed by atoms with E-state index >= 15 is 0 Å². The van der Waals surface area contributed by atoms with Crippen molar-refractivity contribution in [3.8, 4) is 0 Å². The summed E-state index contributed by atoms with van der Waals surface area (Å²) in [5.41, 5.74) is 0.0392. The maximum atomic E-state index is 12.1. The molecule has 1 amide bonds. The number of hydrogen-bond donors (Lipinski definition) is 2. The van der Waals surface area contributed by atoms with E-state index in [9.17, 15) is 14.9 Å². The first-order valence-electron chi connectivity index (χ1n) is 8.50. The molecule has 0 saturated carbocycles. The molecule has 3 heterocycles. The van der Waals surface area contributed by atoms with Crippen molar-refractivity contribution in [3.63, 3.8) is 0 Å². The lowest BCUT2D eigenvalue weighted by atomic mass is 9.97. The molecule has 8 heteroatoms. The standard InChI is InChI=1S/C16H23N5O3/c22-16(13-5-1-7-17-13)19-10-12-4-3-9-20(11-12)15-14(21(23)24)6-2-8-18-15/h2,6,8,12-13,17H,1,3-5,7,9-11H2,(H,19,22). The number of piperidine rings is 1. The number of carbonyl (C=O) groups excluding carboxylic acids is 1. The van der Waals surface area contributed by atoms with Gasteiger partial charge in [-0.05, 0) is 44.2 Å². The molecule has 0 spiro atoms. The Kier molecular flexibility index (Phi) is 5.24. The Morgan fingerprint density at radius 2 is 2.33 bits per heavy atom. The molecule has 1 aromatic rings. The van der Waals surface area contributed by atoms with E-state index in [-0.39, 0.29) is 28.5 Å². The van der Waals surface area contributed by atoms with E-state index in [2.05, 4.69) is 15.6 Å². The van der Waals surface area contributed by atoms with Crippen LogP contribution < -0.4 is 15.5 Å². The van der Waals surface area contributed by atoms with E-state index in [1.54, 1.807) is 12.3 Å². The molecule has 24 heavy (non-hydrogen) atoms. The van der Waals surface area contributed by atoms with Crippen LogP contribution >= 0.6 is 0 Å². The second-order valence-electron chi connectivity index (χ2n) is 6.45. The molecule has 0 radical (unpaired) electrons. The highest BCUT2D eigenvalue weighted by molar-refractivity contribution is 5.82. The van der Waals surface area contributed by atoms with Gasteiger partial charge in [-0.25, -0.2) is 4.98 Å². The quantitative estimate of drug-likeness (QED) is 0.618. The van der Waals surface area contributed by atoms with Gasteiger partial charge in [-0.1, -0.05) is 0 Å². The number of aromatic nitrogens is 1. The summed E-state index contributed by atoms with van der Waals surface area (Å²) >= 11 is 0. The first-order valence-corrected chi connectivity index (χ1v) is 8.50. The number of amides is 1. The summed E-state index contributed by atoms with van der Waals surface area (Å²) in [5, 5.41) is 17.4. The topological polar surface area (TPSA) is 100 Å². The fourth-order valence-corrected chi connectivity index (χ4v) is 3.48. The van der Waals surface area contributed by atoms with Gasteiger partial charge < -0.3 is 15.5 Å². The number of nitro groups is 1. The Labute approximate surface area is 140 Å². The normalized spacial score (nSPS) is 23.9. The van der Waals surface area contributed by atoms with Crippen molar-refractivity contribution in [2.75, 3.05) is 31.1 Å². The molecule has 2 aliphatic heterocycles. The first kappa shape index (κ1) is 16.6. The van der Waals surface area contributed by atoms with Gasteiger partial charge in [-0.2, -0.15) is 0 Å². The predicted octanol–water partition coefficient (Wildman–Crippen LogP) is 1.07. The minimum Gasteiger partial charge on any atom is -0.354 e. The van der Waals surface area contributed by atoms with Crippen LogP contribution in [0.5, 0.6) is 0 Å². The summed E-state index contributed by atoms with van der Waals surface area (Å²) in [6.45, 7) is 2.94. The third-order valence-electron chi connectivity index (χ3n) is 4.72. The van der Waals surface area contributed by atoms with Gasteiger partial charge in [0.25, 0.3) is 0 Å². The molecule has 2 fully saturated rings. The Morgan fingerprint density at radius 3 is 3.08 bits per heavy atom. The average molecular weight is 333 g/mol. The number of anilines is 1. The van der Waals surface area contributed by atoms with Crippen LogP contribution in [-0.2, 0) is 4.79 Å². The Bertz CT molecular complexity index is 603. The summed E-state index contributed by atoms with van der Waals surface area (Å²) in [7, 11) is 0. The SMILES string of the molecule is O=C(NCC1CCCN(c2ncccc2[N+](=O)[O-])C1)C1CCCN1. The van der Waals surface area contributed by atoms with Gasteiger partial charge in [-0.15, -0.1) is 0 Å². The number of nitrogens with zero attached hydrogens (tertiary/aromatic N) is 3. The van der Waals surface area contributed by atoms with Crippen LogP contribution in [0.1, 0.15) is 25.7 Å². The lowest BCUT2D eigenvalue weighted by molar-refractivity contribution is -0.384. The smallest absolute Gasteiger partial charge is 0.311 e. The van der Waals surface area contributed by atoms with E-state index in [1.807, 2.05) is 4.90 Å². The zero-order valence-corrected chi connectivity index (χ0v) is 13.6. The number of rotatable bonds is 5. The maximum Gasteiger partial charge on any atom is 0.311 e. The fourth-order valence-electron chi connectivity index (χ4n) is 3.48. The van der Waals surface area contributed by atoms with Gasteiger partial charge in [0, 0.05) is 31.9 Å². The molecule has 0 aliphatic carbocycles. The highest BCUT2D eigenvalue weighted by atomic mass is 16.6. The number of carbonyl (C=O) groups is 1. The van der Waals surface area contributed by atoms with E-state index < -0.39 is 0 Å². The fraction of sp³-hybridized carbons (Fsp3) is 0.625. The minimum atomic E-state index is -0.389. The molecule has 2 aliphatic rings. The van der Waals surface area contributed by atoms with Gasteiger partial charge in [0.15, 0.2) is 0 Å². The summed E-state index contributed by atoms with van der Waals surface area (Å²) in [4.78, 5) is 29.1. The number of hydrogen-bond acceptors (Lipinski definition) is 6. The second kappa shape index (κ2) is 7.57. The molecule has 2 atom stereocenters. The van der Waals surface area contributed by atoms with Crippen molar-refractivity contribution in [2.45, 2.75) is 31.7 Å². The lowest BCUT2D eigenvalue weighted by Crippen LogP contribution is -2.45. The van der Waals surface area contributed by atoms with Crippen molar-refractivity contribution in [2.24, 2.45) is 5.92 Å². The average Bonchev–Trinajstić information content (AvgIpc) is 3.14. The van der Waals surface area contributed by atoms with Crippen molar-refractivity contribution >= 4 is 17.4 Å². The monoisotopic (exact) mass is 333 g/mol. The number of nitrogens with one attached hydrogen (secondary N) is 2. The van der Waals surface area contributed by atoms with Crippen molar-refractivity contribution in [1.29, 1.82) is 0 Å². The summed E-state index contributed by atoms with van der Waals surface area (Å²) in [5.74, 6) is 0.773. The van der Waals surface area contributed by atoms with Gasteiger partial charge in [0.2, 0.25) is 11.7 Å². The summed E-state index contributed by atoms with van der Waals surface area (Å²) in [6.07, 6.45) is 5.46. The minimum absolute atomic E-state index is 0.0392. The zero-order chi connectivity index (χ0) is 16.9. The Balaban J connectivity index is 1.58. The van der Waals surface area contributed by atoms with Crippen LogP contribution in [0.15, 0.2) is 18.3 Å². The molecule has 2 N–H and O–H groups in total. The zero-order valence-electron chi connectivity index (χ0n) is 13.6. The van der Waals surface area contributed by atoms with Crippen molar-refractivity contribution < 1.29 is 9.72 Å². The first-order chi connectivity index (χ1) is 11.6. The van der Waals surface area contributed by atoms with Crippen LogP contribution in [0.2, 0.25) is 0 Å². The number of pyridine rings is 1. The lowest BCUT2D eigenvalue weighted by Gasteiger charge is -2.33. The largest absolute Gasteiger partial charge is 0.354 e. The molecule has 130 valence electrons. The third kappa shape index (κ3) is 3.81. The van der Waals surface area contributed by atoms with E-state index in [0.717, 1.165) is 38.8 Å². The van der Waals surface area contributed by atoms with Crippen molar-refractivity contribution in [3.05, 3.63) is 28.4 Å². The second-order valence-corrected chi connectivity index (χ2v) is 6.45. The molecule has 1 aromatic heterocycles. The van der Waals surface area contributed by atoms with Gasteiger partial charge in [0.05, 0.1) is 11.0 Å². The van der Waals surface area contributed by atoms with Crippen LogP contribution in [0.3, 0.4) is 0 Å². The van der Waals surface area contributed by atoms with Gasteiger partial charge in [0.1, 0.15) is 0 Å². The third-order valence-corrected chi connectivity index (χ3v) is 4.72. The highest BCUT2D eigenvalue weighted by Gasteiger charge is 2.28. The molecule has 3 rings (SSSR count). The predicted molar refractivity (Wildman–Crippen MR) is 89.9 cm³/mol. The van der Waals surface area contributed by atoms with E-state index in [0.29, 0.717) is 18.9 Å². The molecule has 0 bridgehead atoms. The molecule has 2 saturated heterocycles. The van der Waals surface area contributed by atoms with Gasteiger partial charge in [-0.3, -0.25) is 14.9 Å². The van der Waals surface area contributed by atoms with E-state index in [4.69, 9.17) is 0 Å². The summed E-state index contributed by atoms with van der Waals surface area (Å²) < 4.78 is 0. The van der Waals surface area contributed by atoms with Gasteiger partial charge >= 0.3 is 5.69 Å². The highest BCUT2D eigenvalue weighted by Crippen LogP contribution is 2.28. The molecular formula is C16H23N5O3. The van der Waals surface area contributed by atoms with E-state index in [1.165, 1.54) is 6.07 Å². The van der Waals surface area contributed by atoms with Crippen LogP contribution in [0.25, 0.3) is 0 Å². The maximum absolute atomic E-state index is 12.1. The summed E-state index contributed by atoms with van der Waals surface area (Å²) in [6, 6.07) is 3.00. The van der Waals surface area contributed by atoms with Crippen molar-refractivity contribution in [1.82, 2.24) is 15.6 Å². The Hall–Kier alpha value is -2.22.